The molecule has 0 bridgehead atoms. The normalized spacial score (nSPS) is 17.8. The van der Waals surface area contributed by atoms with E-state index < -0.39 is 0 Å². The molecule has 2 heteroatoms. The lowest BCUT2D eigenvalue weighted by molar-refractivity contribution is 0.114. The van der Waals surface area contributed by atoms with E-state index in [0.29, 0.717) is 0 Å². The van der Waals surface area contributed by atoms with Gasteiger partial charge in [0.05, 0.1) is 0 Å². The summed E-state index contributed by atoms with van der Waals surface area (Å²) in [4.78, 5) is 2.55. The molecule has 0 radical (unpaired) electrons. The van der Waals surface area contributed by atoms with Gasteiger partial charge in [0.2, 0.25) is 0 Å². The molecule has 2 aromatic carbocycles. The highest BCUT2D eigenvalue weighted by atomic mass is 16.5. The van der Waals surface area contributed by atoms with Gasteiger partial charge in [0.15, 0.2) is 0 Å². The molecule has 1 unspecified atom stereocenters. The van der Waals surface area contributed by atoms with E-state index >= 15 is 0 Å². The van der Waals surface area contributed by atoms with E-state index in [2.05, 4.69) is 42.2 Å². The van der Waals surface area contributed by atoms with E-state index in [1.165, 1.54) is 37.9 Å². The third kappa shape index (κ3) is 5.11. The van der Waals surface area contributed by atoms with E-state index in [9.17, 15) is 0 Å². The van der Waals surface area contributed by atoms with Gasteiger partial charge >= 0.3 is 0 Å². The van der Waals surface area contributed by atoms with E-state index in [0.717, 1.165) is 18.2 Å². The van der Waals surface area contributed by atoms with Crippen molar-refractivity contribution in [1.82, 2.24) is 4.90 Å². The van der Waals surface area contributed by atoms with Crippen LogP contribution in [0.2, 0.25) is 0 Å². The summed E-state index contributed by atoms with van der Waals surface area (Å²) in [5.74, 6) is 1.80. The maximum Gasteiger partial charge on any atom is 0.119 e. The van der Waals surface area contributed by atoms with Gasteiger partial charge in [-0.15, -0.1) is 0 Å². The second-order valence-corrected chi connectivity index (χ2v) is 6.68. The van der Waals surface area contributed by atoms with Gasteiger partial charge < -0.3 is 4.74 Å². The van der Waals surface area contributed by atoms with E-state index in [-0.39, 0.29) is 6.10 Å². The van der Waals surface area contributed by atoms with Crippen LogP contribution in [0, 0.1) is 5.92 Å². The zero-order valence-electron chi connectivity index (χ0n) is 14.0. The number of nitrogens with zero attached hydrogens (tertiary/aromatic N) is 1. The highest BCUT2D eigenvalue weighted by Gasteiger charge is 2.21. The van der Waals surface area contributed by atoms with Crippen LogP contribution in [0.25, 0.3) is 0 Å². The molecule has 1 fully saturated rings. The van der Waals surface area contributed by atoms with Gasteiger partial charge in [-0.3, -0.25) is 4.90 Å². The number of likely N-dealkylation sites (tertiary alicyclic amines) is 1. The topological polar surface area (TPSA) is 12.5 Å². The lowest BCUT2D eigenvalue weighted by Crippen LogP contribution is -2.40. The van der Waals surface area contributed by atoms with Crippen LogP contribution < -0.4 is 4.74 Å². The third-order valence-electron chi connectivity index (χ3n) is 4.67. The first-order valence-electron chi connectivity index (χ1n) is 8.77. The second-order valence-electron chi connectivity index (χ2n) is 6.68. The van der Waals surface area contributed by atoms with Crippen molar-refractivity contribution < 1.29 is 4.74 Å². The van der Waals surface area contributed by atoms with Crippen LogP contribution in [0.3, 0.4) is 0 Å². The molecule has 0 N–H and O–H groups in total. The van der Waals surface area contributed by atoms with Gasteiger partial charge in [-0.1, -0.05) is 48.5 Å². The highest BCUT2D eigenvalue weighted by molar-refractivity contribution is 5.21. The van der Waals surface area contributed by atoms with Crippen molar-refractivity contribution in [3.8, 4) is 5.75 Å². The average Bonchev–Trinajstić information content (AvgIpc) is 2.58. The Morgan fingerprint density at radius 1 is 0.957 bits per heavy atom. The molecule has 3 rings (SSSR count). The summed E-state index contributed by atoms with van der Waals surface area (Å²) in [5.41, 5.74) is 1.48. The molecule has 1 aliphatic heterocycles. The lowest BCUT2D eigenvalue weighted by atomic mass is 9.90. The van der Waals surface area contributed by atoms with Crippen LogP contribution in [-0.4, -0.2) is 30.6 Å². The molecule has 0 spiro atoms. The average molecular weight is 309 g/mol. The zero-order valence-corrected chi connectivity index (χ0v) is 14.0. The first kappa shape index (κ1) is 16.1. The minimum Gasteiger partial charge on any atom is -0.489 e. The molecule has 0 aromatic heterocycles. The van der Waals surface area contributed by atoms with Gasteiger partial charge in [0.1, 0.15) is 11.9 Å². The number of ether oxygens (including phenoxy) is 1. The fourth-order valence-corrected chi connectivity index (χ4v) is 3.45. The maximum absolute atomic E-state index is 6.00. The Kier molecular flexibility index (Phi) is 5.71. The van der Waals surface area contributed by atoms with Crippen LogP contribution in [-0.2, 0) is 6.42 Å². The number of hydrogen-bond acceptors (Lipinski definition) is 2. The molecule has 1 aliphatic rings. The van der Waals surface area contributed by atoms with Gasteiger partial charge in [-0.2, -0.15) is 0 Å². The lowest BCUT2D eigenvalue weighted by Gasteiger charge is -2.33. The van der Waals surface area contributed by atoms with E-state index in [1.807, 2.05) is 30.3 Å². The smallest absolute Gasteiger partial charge is 0.119 e. The minimum absolute atomic E-state index is 0.239. The molecule has 0 aliphatic carbocycles. The molecule has 0 amide bonds. The summed E-state index contributed by atoms with van der Waals surface area (Å²) in [7, 11) is 0. The number of para-hydroxylation sites is 1. The van der Waals surface area contributed by atoms with Gasteiger partial charge in [-0.05, 0) is 62.9 Å². The van der Waals surface area contributed by atoms with Crippen molar-refractivity contribution >= 4 is 0 Å². The third-order valence-corrected chi connectivity index (χ3v) is 4.67. The number of piperidine rings is 1. The van der Waals surface area contributed by atoms with Gasteiger partial charge in [0.25, 0.3) is 0 Å². The maximum atomic E-state index is 6.00. The van der Waals surface area contributed by atoms with Gasteiger partial charge in [0, 0.05) is 6.54 Å². The largest absolute Gasteiger partial charge is 0.489 e. The van der Waals surface area contributed by atoms with Crippen LogP contribution >= 0.6 is 0 Å². The summed E-state index contributed by atoms with van der Waals surface area (Å²) in [6, 6.07) is 21.0. The molecule has 122 valence electrons. The summed E-state index contributed by atoms with van der Waals surface area (Å²) in [5, 5.41) is 0. The molecular weight excluding hydrogens is 282 g/mol. The molecule has 23 heavy (non-hydrogen) atoms. The standard InChI is InChI=1S/C21H27NO/c1-18(23-21-10-6-3-7-11-21)17-22-14-12-20(13-15-22)16-19-8-4-2-5-9-19/h2-11,18,20H,12-17H2,1H3. The Labute approximate surface area is 140 Å². The summed E-state index contributed by atoms with van der Waals surface area (Å²) < 4.78 is 6.00. The Balaban J connectivity index is 1.40. The molecule has 1 saturated heterocycles. The second kappa shape index (κ2) is 8.16. The molecule has 1 heterocycles. The molecule has 2 nitrogen and oxygen atoms in total. The molecule has 2 aromatic rings. The summed E-state index contributed by atoms with van der Waals surface area (Å²) in [6.45, 7) is 5.58. The zero-order chi connectivity index (χ0) is 15.9. The predicted octanol–water partition coefficient (Wildman–Crippen LogP) is 4.41. The first-order valence-corrected chi connectivity index (χ1v) is 8.77. The number of benzene rings is 2. The minimum atomic E-state index is 0.239. The Bertz CT molecular complexity index is 561. The number of hydrogen-bond donors (Lipinski definition) is 0. The first-order chi connectivity index (χ1) is 11.3. The van der Waals surface area contributed by atoms with Gasteiger partial charge in [-0.25, -0.2) is 0 Å². The van der Waals surface area contributed by atoms with E-state index in [4.69, 9.17) is 4.74 Å². The van der Waals surface area contributed by atoms with Crippen molar-refractivity contribution in [2.75, 3.05) is 19.6 Å². The summed E-state index contributed by atoms with van der Waals surface area (Å²) >= 11 is 0. The van der Waals surface area contributed by atoms with Crippen LogP contribution in [0.1, 0.15) is 25.3 Å². The van der Waals surface area contributed by atoms with E-state index in [1.54, 1.807) is 0 Å². The molecular formula is C21H27NO. The van der Waals surface area contributed by atoms with Crippen molar-refractivity contribution in [2.24, 2.45) is 5.92 Å². The Morgan fingerprint density at radius 2 is 1.57 bits per heavy atom. The fraction of sp³-hybridized carbons (Fsp3) is 0.429. The highest BCUT2D eigenvalue weighted by Crippen LogP contribution is 2.22. The monoisotopic (exact) mass is 309 g/mol. The Morgan fingerprint density at radius 3 is 2.22 bits per heavy atom. The van der Waals surface area contributed by atoms with Crippen LogP contribution in [0.15, 0.2) is 60.7 Å². The quantitative estimate of drug-likeness (QED) is 0.784. The SMILES string of the molecule is CC(CN1CCC(Cc2ccccc2)CC1)Oc1ccccc1. The molecule has 0 saturated carbocycles. The van der Waals surface area contributed by atoms with Crippen LogP contribution in [0.5, 0.6) is 5.75 Å². The fourth-order valence-electron chi connectivity index (χ4n) is 3.45. The van der Waals surface area contributed by atoms with Crippen molar-refractivity contribution in [3.63, 3.8) is 0 Å². The van der Waals surface area contributed by atoms with Crippen molar-refractivity contribution in [1.29, 1.82) is 0 Å². The Hall–Kier alpha value is -1.80. The predicted molar refractivity (Wildman–Crippen MR) is 95.8 cm³/mol. The number of rotatable bonds is 6. The summed E-state index contributed by atoms with van der Waals surface area (Å²) in [6.07, 6.45) is 4.06. The van der Waals surface area contributed by atoms with Crippen molar-refractivity contribution in [3.05, 3.63) is 66.2 Å². The molecule has 1 atom stereocenters. The van der Waals surface area contributed by atoms with Crippen LogP contribution in [0.4, 0.5) is 0 Å². The van der Waals surface area contributed by atoms with Crippen molar-refractivity contribution in [2.45, 2.75) is 32.3 Å².